The number of carbonyl (C=O) groups excluding carboxylic acids is 1. The van der Waals surface area contributed by atoms with Crippen LogP contribution in [-0.2, 0) is 7.05 Å². The molecule has 122 valence electrons. The van der Waals surface area contributed by atoms with Gasteiger partial charge in [-0.25, -0.2) is 0 Å². The van der Waals surface area contributed by atoms with Crippen LogP contribution in [0.3, 0.4) is 0 Å². The zero-order valence-corrected chi connectivity index (χ0v) is 13.6. The summed E-state index contributed by atoms with van der Waals surface area (Å²) in [5.41, 5.74) is 2.08. The minimum absolute atomic E-state index is 0.0442. The molecule has 1 aliphatic heterocycles. The van der Waals surface area contributed by atoms with Crippen LogP contribution in [0.4, 0.5) is 0 Å². The first kappa shape index (κ1) is 15.7. The molecule has 5 heteroatoms. The summed E-state index contributed by atoms with van der Waals surface area (Å²) in [6.07, 6.45) is 5.72. The van der Waals surface area contributed by atoms with Crippen LogP contribution in [0.5, 0.6) is 0 Å². The Balaban J connectivity index is 1.39. The molecule has 0 bridgehead atoms. The predicted octanol–water partition coefficient (Wildman–Crippen LogP) is 2.03. The number of hydrogen-bond acceptors (Lipinski definition) is 3. The van der Waals surface area contributed by atoms with Crippen LogP contribution in [0.15, 0.2) is 42.7 Å². The van der Waals surface area contributed by atoms with E-state index in [0.29, 0.717) is 18.0 Å². The highest BCUT2D eigenvalue weighted by atomic mass is 16.1. The summed E-state index contributed by atoms with van der Waals surface area (Å²) in [7, 11) is 1.81. The van der Waals surface area contributed by atoms with E-state index in [1.165, 1.54) is 18.4 Å². The number of likely N-dealkylation sites (tertiary alicyclic amines) is 1. The molecule has 23 heavy (non-hydrogen) atoms. The molecule has 0 saturated carbocycles. The molecule has 0 unspecified atom stereocenters. The fourth-order valence-corrected chi connectivity index (χ4v) is 3.18. The highest BCUT2D eigenvalue weighted by Gasteiger charge is 2.20. The van der Waals surface area contributed by atoms with E-state index >= 15 is 0 Å². The molecular formula is C18H24N4O. The van der Waals surface area contributed by atoms with Gasteiger partial charge in [0, 0.05) is 26.3 Å². The van der Waals surface area contributed by atoms with E-state index in [0.717, 1.165) is 19.6 Å². The van der Waals surface area contributed by atoms with Gasteiger partial charge >= 0.3 is 0 Å². The zero-order valence-electron chi connectivity index (χ0n) is 13.6. The molecule has 3 rings (SSSR count). The number of nitrogens with one attached hydrogen (secondary N) is 1. The lowest BCUT2D eigenvalue weighted by Crippen LogP contribution is -2.39. The van der Waals surface area contributed by atoms with Crippen LogP contribution in [-0.4, -0.2) is 46.8 Å². The number of nitrogens with zero attached hydrogens (tertiary/aromatic N) is 3. The third-order valence-electron chi connectivity index (χ3n) is 4.54. The summed E-state index contributed by atoms with van der Waals surface area (Å²) in [5.74, 6) is 0.634. The molecule has 1 N–H and O–H groups in total. The van der Waals surface area contributed by atoms with Crippen molar-refractivity contribution >= 4 is 5.91 Å². The summed E-state index contributed by atoms with van der Waals surface area (Å²) in [4.78, 5) is 14.4. The normalized spacial score (nSPS) is 16.4. The van der Waals surface area contributed by atoms with Crippen LogP contribution in [0.25, 0.3) is 0 Å². The Morgan fingerprint density at radius 3 is 2.65 bits per heavy atom. The third kappa shape index (κ3) is 4.20. The van der Waals surface area contributed by atoms with Crippen molar-refractivity contribution in [3.63, 3.8) is 0 Å². The molecule has 0 radical (unpaired) electrons. The van der Waals surface area contributed by atoms with Crippen molar-refractivity contribution in [3.05, 3.63) is 53.9 Å². The van der Waals surface area contributed by atoms with Crippen molar-refractivity contribution < 1.29 is 4.79 Å². The second-order valence-electron chi connectivity index (χ2n) is 6.19. The van der Waals surface area contributed by atoms with Gasteiger partial charge in [0.15, 0.2) is 0 Å². The monoisotopic (exact) mass is 312 g/mol. The second-order valence-corrected chi connectivity index (χ2v) is 6.19. The van der Waals surface area contributed by atoms with Gasteiger partial charge in [-0.2, -0.15) is 5.10 Å². The van der Waals surface area contributed by atoms with Crippen molar-refractivity contribution in [1.29, 1.82) is 0 Å². The molecule has 1 aliphatic rings. The zero-order chi connectivity index (χ0) is 16.1. The molecule has 1 fully saturated rings. The minimum Gasteiger partial charge on any atom is -0.351 e. The second kappa shape index (κ2) is 7.42. The highest BCUT2D eigenvalue weighted by Crippen LogP contribution is 2.27. The van der Waals surface area contributed by atoms with E-state index in [4.69, 9.17) is 0 Å². The molecular weight excluding hydrogens is 288 g/mol. The fraction of sp³-hybridized carbons (Fsp3) is 0.444. The first-order valence-electron chi connectivity index (χ1n) is 8.26. The van der Waals surface area contributed by atoms with Gasteiger partial charge in [-0.15, -0.1) is 0 Å². The molecule has 1 aromatic heterocycles. The van der Waals surface area contributed by atoms with Crippen LogP contribution in [0, 0.1) is 0 Å². The van der Waals surface area contributed by atoms with Gasteiger partial charge in [-0.1, -0.05) is 30.3 Å². The Hall–Kier alpha value is -2.14. The quantitative estimate of drug-likeness (QED) is 0.919. The first-order valence-corrected chi connectivity index (χ1v) is 8.26. The Morgan fingerprint density at radius 1 is 1.26 bits per heavy atom. The van der Waals surface area contributed by atoms with Crippen molar-refractivity contribution in [3.8, 4) is 0 Å². The minimum atomic E-state index is -0.0442. The van der Waals surface area contributed by atoms with Gasteiger partial charge in [-0.05, 0) is 37.4 Å². The van der Waals surface area contributed by atoms with E-state index in [1.807, 2.05) is 7.05 Å². The maximum atomic E-state index is 12.0. The topological polar surface area (TPSA) is 50.2 Å². The maximum Gasteiger partial charge on any atom is 0.254 e. The standard InChI is InChI=1S/C18H24N4O/c1-21-14-17(13-20-21)18(23)19-9-12-22-10-7-16(8-11-22)15-5-3-2-4-6-15/h2-6,13-14,16H,7-12H2,1H3,(H,19,23). The number of amides is 1. The molecule has 0 atom stereocenters. The van der Waals surface area contributed by atoms with E-state index in [-0.39, 0.29) is 5.91 Å². The summed E-state index contributed by atoms with van der Waals surface area (Å²) < 4.78 is 1.64. The predicted molar refractivity (Wildman–Crippen MR) is 90.4 cm³/mol. The van der Waals surface area contributed by atoms with Gasteiger partial charge in [0.25, 0.3) is 5.91 Å². The van der Waals surface area contributed by atoms with E-state index < -0.39 is 0 Å². The number of aromatic nitrogens is 2. The van der Waals surface area contributed by atoms with E-state index in [9.17, 15) is 4.79 Å². The van der Waals surface area contributed by atoms with Crippen molar-refractivity contribution in [2.45, 2.75) is 18.8 Å². The first-order chi connectivity index (χ1) is 11.2. The average molecular weight is 312 g/mol. The maximum absolute atomic E-state index is 12.0. The molecule has 0 aliphatic carbocycles. The number of aryl methyl sites for hydroxylation is 1. The van der Waals surface area contributed by atoms with E-state index in [1.54, 1.807) is 17.1 Å². The molecule has 1 aromatic carbocycles. The lowest BCUT2D eigenvalue weighted by atomic mass is 9.89. The number of carbonyl (C=O) groups is 1. The van der Waals surface area contributed by atoms with Gasteiger partial charge in [0.2, 0.25) is 0 Å². The number of benzene rings is 1. The smallest absolute Gasteiger partial charge is 0.254 e. The molecule has 5 nitrogen and oxygen atoms in total. The van der Waals surface area contributed by atoms with Crippen LogP contribution in [0.2, 0.25) is 0 Å². The Morgan fingerprint density at radius 2 is 2.00 bits per heavy atom. The molecule has 1 saturated heterocycles. The largest absolute Gasteiger partial charge is 0.351 e. The number of hydrogen-bond donors (Lipinski definition) is 1. The molecule has 1 amide bonds. The summed E-state index contributed by atoms with van der Waals surface area (Å²) >= 11 is 0. The fourth-order valence-electron chi connectivity index (χ4n) is 3.18. The van der Waals surface area contributed by atoms with Gasteiger partial charge in [-0.3, -0.25) is 9.48 Å². The van der Waals surface area contributed by atoms with Crippen LogP contribution in [0.1, 0.15) is 34.7 Å². The van der Waals surface area contributed by atoms with Gasteiger partial charge in [0.1, 0.15) is 0 Å². The molecule has 2 aromatic rings. The van der Waals surface area contributed by atoms with Crippen molar-refractivity contribution in [2.24, 2.45) is 7.05 Å². The highest BCUT2D eigenvalue weighted by molar-refractivity contribution is 5.93. The van der Waals surface area contributed by atoms with Crippen molar-refractivity contribution in [2.75, 3.05) is 26.2 Å². The molecule has 0 spiro atoms. The average Bonchev–Trinajstić information content (AvgIpc) is 3.03. The van der Waals surface area contributed by atoms with Crippen LogP contribution < -0.4 is 5.32 Å². The summed E-state index contributed by atoms with van der Waals surface area (Å²) in [5, 5.41) is 6.99. The Labute approximate surface area is 137 Å². The summed E-state index contributed by atoms with van der Waals surface area (Å²) in [6, 6.07) is 10.8. The third-order valence-corrected chi connectivity index (χ3v) is 4.54. The van der Waals surface area contributed by atoms with Crippen molar-refractivity contribution in [1.82, 2.24) is 20.0 Å². The molecule has 2 heterocycles. The van der Waals surface area contributed by atoms with E-state index in [2.05, 4.69) is 45.6 Å². The van der Waals surface area contributed by atoms with Gasteiger partial charge in [0.05, 0.1) is 11.8 Å². The Kier molecular flexibility index (Phi) is 5.08. The lowest BCUT2D eigenvalue weighted by molar-refractivity contribution is 0.0945. The number of piperidine rings is 1. The van der Waals surface area contributed by atoms with Gasteiger partial charge < -0.3 is 10.2 Å². The number of rotatable bonds is 5. The summed E-state index contributed by atoms with van der Waals surface area (Å²) in [6.45, 7) is 3.79. The SMILES string of the molecule is Cn1cc(C(=O)NCCN2CCC(c3ccccc3)CC2)cn1. The lowest BCUT2D eigenvalue weighted by Gasteiger charge is -2.32. The van der Waals surface area contributed by atoms with Crippen LogP contribution >= 0.6 is 0 Å². The Bertz CT molecular complexity index is 629.